The molecule has 0 saturated carbocycles. The molecule has 84 valence electrons. The van der Waals surface area contributed by atoms with Crippen molar-refractivity contribution in [1.82, 2.24) is 0 Å². The Morgan fingerprint density at radius 2 is 1.80 bits per heavy atom. The Hall–Kier alpha value is -1.31. The molecule has 0 heterocycles. The molecule has 0 spiro atoms. The Kier molecular flexibility index (Phi) is 7.33. The molecule has 0 aliphatic rings. The van der Waals surface area contributed by atoms with Gasteiger partial charge in [0.25, 0.3) is 0 Å². The lowest BCUT2D eigenvalue weighted by atomic mass is 10.0. The molecule has 0 aliphatic carbocycles. The van der Waals surface area contributed by atoms with Crippen LogP contribution in [0.3, 0.4) is 0 Å². The smallest absolute Gasteiger partial charge is 0.308 e. The summed E-state index contributed by atoms with van der Waals surface area (Å²) in [6.07, 6.45) is 0.744. The van der Waals surface area contributed by atoms with Crippen molar-refractivity contribution >= 4 is 5.97 Å². The molecule has 0 radical (unpaired) electrons. The van der Waals surface area contributed by atoms with Gasteiger partial charge in [-0.3, -0.25) is 4.79 Å². The van der Waals surface area contributed by atoms with Gasteiger partial charge in [-0.25, -0.2) is 0 Å². The highest BCUT2D eigenvalue weighted by Crippen LogP contribution is 2.08. The predicted molar refractivity (Wildman–Crippen MR) is 62.7 cm³/mol. The van der Waals surface area contributed by atoms with Crippen molar-refractivity contribution in [3.63, 3.8) is 0 Å². The van der Waals surface area contributed by atoms with Crippen LogP contribution in [0.2, 0.25) is 0 Å². The fourth-order valence-electron chi connectivity index (χ4n) is 1.25. The topological polar surface area (TPSA) is 26.3 Å². The number of esters is 1. The standard InChI is InChI=1S/C11H14O2.C2H6/c1-9(11(12)13-2)8-10-6-4-3-5-7-10;1-2/h3-7,9H,8H2,1-2H3;1-2H3. The zero-order valence-corrected chi connectivity index (χ0v) is 9.99. The number of ether oxygens (including phenoxy) is 1. The molecule has 1 rings (SSSR count). The molecule has 2 heteroatoms. The van der Waals surface area contributed by atoms with Crippen molar-refractivity contribution in [3.05, 3.63) is 35.9 Å². The van der Waals surface area contributed by atoms with Gasteiger partial charge in [0.1, 0.15) is 0 Å². The molecule has 2 nitrogen and oxygen atoms in total. The first kappa shape index (κ1) is 13.7. The summed E-state index contributed by atoms with van der Waals surface area (Å²) >= 11 is 0. The molecular formula is C13H20O2. The number of hydrogen-bond donors (Lipinski definition) is 0. The minimum absolute atomic E-state index is 0.0626. The van der Waals surface area contributed by atoms with E-state index in [9.17, 15) is 4.79 Å². The highest BCUT2D eigenvalue weighted by atomic mass is 16.5. The van der Waals surface area contributed by atoms with Gasteiger partial charge >= 0.3 is 5.97 Å². The zero-order chi connectivity index (χ0) is 11.7. The molecule has 1 atom stereocenters. The molecule has 0 bridgehead atoms. The van der Waals surface area contributed by atoms with Crippen LogP contribution in [0.5, 0.6) is 0 Å². The van der Waals surface area contributed by atoms with E-state index in [-0.39, 0.29) is 11.9 Å². The second-order valence-electron chi connectivity index (χ2n) is 3.11. The highest BCUT2D eigenvalue weighted by molar-refractivity contribution is 5.72. The van der Waals surface area contributed by atoms with Crippen molar-refractivity contribution in [1.29, 1.82) is 0 Å². The van der Waals surface area contributed by atoms with Gasteiger partial charge in [0, 0.05) is 0 Å². The quantitative estimate of drug-likeness (QED) is 0.714. The van der Waals surface area contributed by atoms with E-state index in [0.29, 0.717) is 0 Å². The fourth-order valence-corrected chi connectivity index (χ4v) is 1.25. The van der Waals surface area contributed by atoms with Gasteiger partial charge in [0.2, 0.25) is 0 Å². The average Bonchev–Trinajstić information content (AvgIpc) is 2.32. The third-order valence-electron chi connectivity index (χ3n) is 1.99. The minimum Gasteiger partial charge on any atom is -0.469 e. The number of hydrogen-bond acceptors (Lipinski definition) is 2. The maximum absolute atomic E-state index is 11.1. The summed E-state index contributed by atoms with van der Waals surface area (Å²) in [6.45, 7) is 5.87. The van der Waals surface area contributed by atoms with E-state index in [2.05, 4.69) is 4.74 Å². The lowest BCUT2D eigenvalue weighted by Crippen LogP contribution is -2.14. The summed E-state index contributed by atoms with van der Waals surface area (Å²) in [6, 6.07) is 9.93. The molecule has 0 saturated heterocycles. The lowest BCUT2D eigenvalue weighted by molar-refractivity contribution is -0.144. The first-order valence-electron chi connectivity index (χ1n) is 5.36. The van der Waals surface area contributed by atoms with Crippen LogP contribution in [0.15, 0.2) is 30.3 Å². The Morgan fingerprint density at radius 3 is 2.27 bits per heavy atom. The van der Waals surface area contributed by atoms with Gasteiger partial charge in [-0.1, -0.05) is 51.1 Å². The third-order valence-corrected chi connectivity index (χ3v) is 1.99. The van der Waals surface area contributed by atoms with Gasteiger partial charge in [0.05, 0.1) is 13.0 Å². The van der Waals surface area contributed by atoms with E-state index in [1.165, 1.54) is 12.7 Å². The number of methoxy groups -OCH3 is 1. The van der Waals surface area contributed by atoms with Crippen molar-refractivity contribution in [2.45, 2.75) is 27.2 Å². The molecule has 1 unspecified atom stereocenters. The van der Waals surface area contributed by atoms with Gasteiger partial charge in [-0.2, -0.15) is 0 Å². The first-order chi connectivity index (χ1) is 7.24. The maximum Gasteiger partial charge on any atom is 0.308 e. The Balaban J connectivity index is 0.000000921. The van der Waals surface area contributed by atoms with Crippen molar-refractivity contribution in [2.24, 2.45) is 5.92 Å². The molecule has 0 aliphatic heterocycles. The normalized spacial score (nSPS) is 10.9. The largest absolute Gasteiger partial charge is 0.469 e. The molecule has 1 aromatic rings. The summed E-state index contributed by atoms with van der Waals surface area (Å²) in [5.74, 6) is -0.212. The predicted octanol–water partition coefficient (Wildman–Crippen LogP) is 3.06. The van der Waals surface area contributed by atoms with Gasteiger partial charge in [0.15, 0.2) is 0 Å². The number of benzene rings is 1. The second kappa shape index (κ2) is 8.04. The van der Waals surface area contributed by atoms with Crippen LogP contribution >= 0.6 is 0 Å². The van der Waals surface area contributed by atoms with Crippen LogP contribution in [0.25, 0.3) is 0 Å². The number of carbonyl (C=O) groups is 1. The van der Waals surface area contributed by atoms with E-state index >= 15 is 0 Å². The average molecular weight is 208 g/mol. The van der Waals surface area contributed by atoms with Crippen LogP contribution in [0.4, 0.5) is 0 Å². The third kappa shape index (κ3) is 5.21. The van der Waals surface area contributed by atoms with Crippen LogP contribution in [0, 0.1) is 5.92 Å². The highest BCUT2D eigenvalue weighted by Gasteiger charge is 2.12. The van der Waals surface area contributed by atoms with E-state index in [1.54, 1.807) is 0 Å². The van der Waals surface area contributed by atoms with Crippen molar-refractivity contribution < 1.29 is 9.53 Å². The van der Waals surface area contributed by atoms with Crippen LogP contribution < -0.4 is 0 Å². The Morgan fingerprint density at radius 1 is 1.27 bits per heavy atom. The fraction of sp³-hybridized carbons (Fsp3) is 0.462. The molecule has 1 aromatic carbocycles. The summed E-state index contributed by atoms with van der Waals surface area (Å²) in [7, 11) is 1.42. The van der Waals surface area contributed by atoms with Crippen LogP contribution in [0.1, 0.15) is 26.3 Å². The van der Waals surface area contributed by atoms with Crippen molar-refractivity contribution in [3.8, 4) is 0 Å². The summed E-state index contributed by atoms with van der Waals surface area (Å²) < 4.78 is 4.65. The Labute approximate surface area is 92.3 Å². The summed E-state index contributed by atoms with van der Waals surface area (Å²) in [5, 5.41) is 0. The monoisotopic (exact) mass is 208 g/mol. The molecule has 0 aromatic heterocycles. The van der Waals surface area contributed by atoms with Crippen molar-refractivity contribution in [2.75, 3.05) is 7.11 Å². The number of rotatable bonds is 3. The van der Waals surface area contributed by atoms with E-state index in [1.807, 2.05) is 51.1 Å². The maximum atomic E-state index is 11.1. The van der Waals surface area contributed by atoms with Gasteiger partial charge in [-0.15, -0.1) is 0 Å². The lowest BCUT2D eigenvalue weighted by Gasteiger charge is -2.08. The minimum atomic E-state index is -0.149. The van der Waals surface area contributed by atoms with E-state index in [0.717, 1.165) is 6.42 Å². The van der Waals surface area contributed by atoms with Crippen LogP contribution in [-0.2, 0) is 16.0 Å². The second-order valence-corrected chi connectivity index (χ2v) is 3.11. The van der Waals surface area contributed by atoms with E-state index in [4.69, 9.17) is 0 Å². The summed E-state index contributed by atoms with van der Waals surface area (Å²) in [5.41, 5.74) is 1.17. The van der Waals surface area contributed by atoms with Gasteiger partial charge in [-0.05, 0) is 12.0 Å². The van der Waals surface area contributed by atoms with Gasteiger partial charge < -0.3 is 4.74 Å². The molecule has 0 amide bonds. The van der Waals surface area contributed by atoms with E-state index < -0.39 is 0 Å². The zero-order valence-electron chi connectivity index (χ0n) is 9.99. The molecule has 0 N–H and O–H groups in total. The molecular weight excluding hydrogens is 188 g/mol. The molecule has 0 fully saturated rings. The Bertz CT molecular complexity index is 267. The first-order valence-corrected chi connectivity index (χ1v) is 5.36. The number of carbonyl (C=O) groups excluding carboxylic acids is 1. The SMILES string of the molecule is CC.COC(=O)C(C)Cc1ccccc1. The molecule has 15 heavy (non-hydrogen) atoms. The van der Waals surface area contributed by atoms with Crippen LogP contribution in [-0.4, -0.2) is 13.1 Å². The summed E-state index contributed by atoms with van der Waals surface area (Å²) in [4.78, 5) is 11.1.